The zero-order valence-electron chi connectivity index (χ0n) is 10.1. The van der Waals surface area contributed by atoms with Crippen LogP contribution in [0.2, 0.25) is 0 Å². The largest absolute Gasteiger partial charge is 0.456 e. The van der Waals surface area contributed by atoms with Gasteiger partial charge in [-0.2, -0.15) is 0 Å². The fourth-order valence-electron chi connectivity index (χ4n) is 1.49. The lowest BCUT2D eigenvalue weighted by atomic mass is 10.2. The summed E-state index contributed by atoms with van der Waals surface area (Å²) in [6.07, 6.45) is 0. The van der Waals surface area contributed by atoms with Gasteiger partial charge in [-0.3, -0.25) is 0 Å². The molecular weight excluding hydrogens is 234 g/mol. The van der Waals surface area contributed by atoms with Gasteiger partial charge in [-0.1, -0.05) is 0 Å². The molecule has 1 aromatic heterocycles. The molecule has 1 heterocycles. The van der Waals surface area contributed by atoms with E-state index < -0.39 is 5.60 Å². The third-order valence-electron chi connectivity index (χ3n) is 2.14. The van der Waals surface area contributed by atoms with E-state index in [1.165, 1.54) is 11.3 Å². The molecule has 0 aliphatic rings. The topological polar surface area (TPSA) is 52.3 Å². The van der Waals surface area contributed by atoms with Gasteiger partial charge in [-0.25, -0.2) is 4.79 Å². The molecule has 2 rings (SSSR count). The van der Waals surface area contributed by atoms with Crippen molar-refractivity contribution >= 4 is 33.1 Å². The first-order valence-electron chi connectivity index (χ1n) is 5.37. The standard InChI is InChI=1S/C13H15NO2S/c1-13(2,3)16-12(15)11-7-8-6-9(14)4-5-10(8)17-11/h4-7H,14H2,1-3H3. The molecule has 1 aromatic carbocycles. The van der Waals surface area contributed by atoms with Gasteiger partial charge in [-0.15, -0.1) is 11.3 Å². The van der Waals surface area contributed by atoms with E-state index in [9.17, 15) is 4.79 Å². The molecule has 0 aliphatic heterocycles. The number of esters is 1. The highest BCUT2D eigenvalue weighted by atomic mass is 32.1. The number of anilines is 1. The van der Waals surface area contributed by atoms with Crippen molar-refractivity contribution in [1.29, 1.82) is 0 Å². The minimum absolute atomic E-state index is 0.280. The van der Waals surface area contributed by atoms with E-state index in [0.717, 1.165) is 10.1 Å². The maximum absolute atomic E-state index is 11.9. The second-order valence-corrected chi connectivity index (χ2v) is 5.99. The number of nitrogen functional groups attached to an aromatic ring is 1. The molecule has 0 spiro atoms. The summed E-state index contributed by atoms with van der Waals surface area (Å²) in [5.74, 6) is -0.280. The number of hydrogen-bond acceptors (Lipinski definition) is 4. The van der Waals surface area contributed by atoms with E-state index in [1.807, 2.05) is 45.0 Å². The highest BCUT2D eigenvalue weighted by Crippen LogP contribution is 2.28. The average molecular weight is 249 g/mol. The smallest absolute Gasteiger partial charge is 0.348 e. The van der Waals surface area contributed by atoms with Crippen LogP contribution in [0.4, 0.5) is 5.69 Å². The number of rotatable bonds is 1. The van der Waals surface area contributed by atoms with Gasteiger partial charge in [0.2, 0.25) is 0 Å². The van der Waals surface area contributed by atoms with Crippen molar-refractivity contribution in [1.82, 2.24) is 0 Å². The van der Waals surface area contributed by atoms with Gasteiger partial charge in [0.15, 0.2) is 0 Å². The first kappa shape index (κ1) is 11.9. The molecule has 90 valence electrons. The van der Waals surface area contributed by atoms with Crippen LogP contribution >= 0.6 is 11.3 Å². The summed E-state index contributed by atoms with van der Waals surface area (Å²) in [5, 5.41) is 0.982. The van der Waals surface area contributed by atoms with Crippen LogP contribution in [-0.4, -0.2) is 11.6 Å². The van der Waals surface area contributed by atoms with Gasteiger partial charge in [-0.05, 0) is 50.4 Å². The minimum atomic E-state index is -0.466. The summed E-state index contributed by atoms with van der Waals surface area (Å²) < 4.78 is 6.37. The Hall–Kier alpha value is -1.55. The first-order chi connectivity index (χ1) is 7.85. The molecule has 0 aliphatic carbocycles. The number of ether oxygens (including phenoxy) is 1. The molecule has 3 nitrogen and oxygen atoms in total. The lowest BCUT2D eigenvalue weighted by molar-refractivity contribution is 0.00753. The van der Waals surface area contributed by atoms with Crippen molar-refractivity contribution < 1.29 is 9.53 Å². The zero-order valence-corrected chi connectivity index (χ0v) is 10.9. The van der Waals surface area contributed by atoms with Crippen LogP contribution in [0.3, 0.4) is 0 Å². The molecule has 0 unspecified atom stereocenters. The fourth-order valence-corrected chi connectivity index (χ4v) is 2.41. The van der Waals surface area contributed by atoms with E-state index in [0.29, 0.717) is 10.6 Å². The zero-order chi connectivity index (χ0) is 12.6. The lowest BCUT2D eigenvalue weighted by Gasteiger charge is -2.18. The van der Waals surface area contributed by atoms with Crippen molar-refractivity contribution in [2.24, 2.45) is 0 Å². The first-order valence-corrected chi connectivity index (χ1v) is 6.19. The van der Waals surface area contributed by atoms with E-state index in [2.05, 4.69) is 0 Å². The van der Waals surface area contributed by atoms with Crippen LogP contribution in [-0.2, 0) is 4.74 Å². The SMILES string of the molecule is CC(C)(C)OC(=O)c1cc2cc(N)ccc2s1. The number of carbonyl (C=O) groups excluding carboxylic acids is 1. The van der Waals surface area contributed by atoms with Gasteiger partial charge < -0.3 is 10.5 Å². The van der Waals surface area contributed by atoms with Crippen molar-refractivity contribution in [3.8, 4) is 0 Å². The summed E-state index contributed by atoms with van der Waals surface area (Å²) in [4.78, 5) is 12.5. The molecule has 0 saturated heterocycles. The second kappa shape index (κ2) is 4.04. The number of benzene rings is 1. The third kappa shape index (κ3) is 2.77. The van der Waals surface area contributed by atoms with Gasteiger partial charge in [0.05, 0.1) is 0 Å². The van der Waals surface area contributed by atoms with Crippen LogP contribution in [0.1, 0.15) is 30.4 Å². The molecule has 0 bridgehead atoms. The Morgan fingerprint density at radius 1 is 1.29 bits per heavy atom. The number of fused-ring (bicyclic) bond motifs is 1. The average Bonchev–Trinajstić information content (AvgIpc) is 2.57. The van der Waals surface area contributed by atoms with Crippen molar-refractivity contribution in [3.05, 3.63) is 29.1 Å². The van der Waals surface area contributed by atoms with Gasteiger partial charge in [0.1, 0.15) is 10.5 Å². The van der Waals surface area contributed by atoms with Crippen molar-refractivity contribution in [3.63, 3.8) is 0 Å². The molecule has 2 aromatic rings. The molecule has 0 radical (unpaired) electrons. The third-order valence-corrected chi connectivity index (χ3v) is 3.24. The Morgan fingerprint density at radius 3 is 2.65 bits per heavy atom. The Labute approximate surface area is 104 Å². The number of hydrogen-bond donors (Lipinski definition) is 1. The summed E-state index contributed by atoms with van der Waals surface area (Å²) in [7, 11) is 0. The highest BCUT2D eigenvalue weighted by Gasteiger charge is 2.19. The Bertz CT molecular complexity index is 566. The Balaban J connectivity index is 2.33. The molecule has 0 saturated carbocycles. The molecule has 0 fully saturated rings. The monoisotopic (exact) mass is 249 g/mol. The van der Waals surface area contributed by atoms with Crippen molar-refractivity contribution in [2.45, 2.75) is 26.4 Å². The highest BCUT2D eigenvalue weighted by molar-refractivity contribution is 7.20. The predicted molar refractivity (Wildman–Crippen MR) is 71.4 cm³/mol. The maximum Gasteiger partial charge on any atom is 0.348 e. The van der Waals surface area contributed by atoms with Crippen LogP contribution < -0.4 is 5.73 Å². The van der Waals surface area contributed by atoms with E-state index in [4.69, 9.17) is 10.5 Å². The van der Waals surface area contributed by atoms with Gasteiger partial charge in [0.25, 0.3) is 0 Å². The van der Waals surface area contributed by atoms with E-state index in [1.54, 1.807) is 0 Å². The Morgan fingerprint density at radius 2 is 2.00 bits per heavy atom. The van der Waals surface area contributed by atoms with E-state index >= 15 is 0 Å². The van der Waals surface area contributed by atoms with Crippen LogP contribution in [0.5, 0.6) is 0 Å². The minimum Gasteiger partial charge on any atom is -0.456 e. The molecule has 0 atom stereocenters. The summed E-state index contributed by atoms with van der Waals surface area (Å²) >= 11 is 1.42. The molecule has 17 heavy (non-hydrogen) atoms. The molecular formula is C13H15NO2S. The molecule has 0 amide bonds. The summed E-state index contributed by atoms with van der Waals surface area (Å²) in [6.45, 7) is 5.57. The van der Waals surface area contributed by atoms with Crippen LogP contribution in [0.25, 0.3) is 10.1 Å². The predicted octanol–water partition coefficient (Wildman–Crippen LogP) is 3.44. The number of nitrogens with two attached hydrogens (primary N) is 1. The normalized spacial score (nSPS) is 11.7. The fraction of sp³-hybridized carbons (Fsp3) is 0.308. The molecule has 2 N–H and O–H groups in total. The second-order valence-electron chi connectivity index (χ2n) is 4.91. The lowest BCUT2D eigenvalue weighted by Crippen LogP contribution is -2.23. The summed E-state index contributed by atoms with van der Waals surface area (Å²) in [6, 6.07) is 7.44. The molecule has 4 heteroatoms. The van der Waals surface area contributed by atoms with Crippen LogP contribution in [0, 0.1) is 0 Å². The van der Waals surface area contributed by atoms with Gasteiger partial charge >= 0.3 is 5.97 Å². The number of thiophene rings is 1. The van der Waals surface area contributed by atoms with Gasteiger partial charge in [0, 0.05) is 10.4 Å². The quantitative estimate of drug-likeness (QED) is 0.622. The maximum atomic E-state index is 11.9. The van der Waals surface area contributed by atoms with E-state index in [-0.39, 0.29) is 5.97 Å². The number of carbonyl (C=O) groups is 1. The summed E-state index contributed by atoms with van der Waals surface area (Å²) in [5.41, 5.74) is 5.93. The Kier molecular flexibility index (Phi) is 2.83. The van der Waals surface area contributed by atoms with Crippen LogP contribution in [0.15, 0.2) is 24.3 Å². The van der Waals surface area contributed by atoms with Crippen molar-refractivity contribution in [2.75, 3.05) is 5.73 Å².